The average molecular weight is 405 g/mol. The van der Waals surface area contributed by atoms with Crippen LogP contribution in [-0.4, -0.2) is 41.6 Å². The Morgan fingerprint density at radius 3 is 2.72 bits per heavy atom. The van der Waals surface area contributed by atoms with E-state index in [1.807, 2.05) is 38.7 Å². The van der Waals surface area contributed by atoms with Gasteiger partial charge < -0.3 is 15.0 Å². The molecular formula is C23H33FN2O3. The fourth-order valence-electron chi connectivity index (χ4n) is 4.67. The minimum atomic E-state index is -0.516. The van der Waals surface area contributed by atoms with Gasteiger partial charge in [-0.1, -0.05) is 19.1 Å². The summed E-state index contributed by atoms with van der Waals surface area (Å²) in [7, 11) is 0. The smallest absolute Gasteiger partial charge is 0.407 e. The van der Waals surface area contributed by atoms with Gasteiger partial charge >= 0.3 is 6.09 Å². The standard InChI is InChI=1S/C23H33FN2O3/c1-15(10-16-6-5-7-18(24)12-16)11-21(27)26-13-17-8-9-20(19(17)14-26)25-22(28)29-23(2,3)4/h5-7,12,15,17,19-20H,8-11,13-14H2,1-4H3,(H,25,28). The van der Waals surface area contributed by atoms with Gasteiger partial charge in [0.2, 0.25) is 5.91 Å². The molecule has 2 amide bonds. The maximum atomic E-state index is 13.4. The first-order chi connectivity index (χ1) is 13.6. The summed E-state index contributed by atoms with van der Waals surface area (Å²) in [6.07, 6.45) is 2.73. The van der Waals surface area contributed by atoms with Crippen LogP contribution in [0, 0.1) is 23.6 Å². The van der Waals surface area contributed by atoms with Gasteiger partial charge in [0, 0.05) is 31.5 Å². The summed E-state index contributed by atoms with van der Waals surface area (Å²) in [5, 5.41) is 3.01. The minimum Gasteiger partial charge on any atom is -0.444 e. The van der Waals surface area contributed by atoms with Crippen molar-refractivity contribution in [2.45, 2.75) is 65.0 Å². The van der Waals surface area contributed by atoms with E-state index in [-0.39, 0.29) is 29.8 Å². The number of carbonyl (C=O) groups excluding carboxylic acids is 2. The second kappa shape index (κ2) is 8.72. The molecule has 2 aliphatic rings. The van der Waals surface area contributed by atoms with Crippen LogP contribution in [0.2, 0.25) is 0 Å². The molecule has 1 aromatic carbocycles. The maximum absolute atomic E-state index is 13.4. The number of amides is 2. The molecule has 29 heavy (non-hydrogen) atoms. The molecule has 2 fully saturated rings. The lowest BCUT2D eigenvalue weighted by atomic mass is 9.97. The molecule has 1 N–H and O–H groups in total. The second-order valence-electron chi connectivity index (χ2n) is 9.70. The van der Waals surface area contributed by atoms with Crippen molar-refractivity contribution in [3.05, 3.63) is 35.6 Å². The van der Waals surface area contributed by atoms with Crippen molar-refractivity contribution in [2.24, 2.45) is 17.8 Å². The Morgan fingerprint density at radius 2 is 2.03 bits per heavy atom. The average Bonchev–Trinajstić information content (AvgIpc) is 3.15. The Kier molecular flexibility index (Phi) is 6.49. The van der Waals surface area contributed by atoms with Gasteiger partial charge in [-0.15, -0.1) is 0 Å². The van der Waals surface area contributed by atoms with Crippen LogP contribution in [-0.2, 0) is 16.0 Å². The van der Waals surface area contributed by atoms with E-state index in [0.29, 0.717) is 31.2 Å². The zero-order chi connectivity index (χ0) is 21.2. The summed E-state index contributed by atoms with van der Waals surface area (Å²) in [5.74, 6) is 0.805. The molecule has 4 atom stereocenters. The molecule has 160 valence electrons. The van der Waals surface area contributed by atoms with Crippen LogP contribution in [0.3, 0.4) is 0 Å². The zero-order valence-electron chi connectivity index (χ0n) is 17.9. The number of nitrogens with zero attached hydrogens (tertiary/aromatic N) is 1. The van der Waals surface area contributed by atoms with Crippen LogP contribution in [0.25, 0.3) is 0 Å². The highest BCUT2D eigenvalue weighted by atomic mass is 19.1. The second-order valence-corrected chi connectivity index (χ2v) is 9.70. The topological polar surface area (TPSA) is 58.6 Å². The first-order valence-corrected chi connectivity index (χ1v) is 10.6. The molecule has 1 aliphatic carbocycles. The molecule has 0 radical (unpaired) electrons. The highest BCUT2D eigenvalue weighted by Gasteiger charge is 2.44. The van der Waals surface area contributed by atoms with E-state index in [0.717, 1.165) is 24.9 Å². The lowest BCUT2D eigenvalue weighted by molar-refractivity contribution is -0.131. The molecule has 1 aliphatic heterocycles. The zero-order valence-corrected chi connectivity index (χ0v) is 17.9. The predicted octanol–water partition coefficient (Wildman–Crippen LogP) is 4.16. The number of alkyl carbamates (subject to hydrolysis) is 1. The number of ether oxygens (including phenoxy) is 1. The molecule has 1 heterocycles. The van der Waals surface area contributed by atoms with Crippen molar-refractivity contribution in [3.8, 4) is 0 Å². The molecule has 0 aromatic heterocycles. The molecule has 3 rings (SSSR count). The first-order valence-electron chi connectivity index (χ1n) is 10.6. The van der Waals surface area contributed by atoms with Gasteiger partial charge in [-0.25, -0.2) is 9.18 Å². The van der Waals surface area contributed by atoms with Crippen LogP contribution in [0.5, 0.6) is 0 Å². The van der Waals surface area contributed by atoms with Gasteiger partial charge in [-0.05, 0) is 69.6 Å². The summed E-state index contributed by atoms with van der Waals surface area (Å²) < 4.78 is 18.7. The maximum Gasteiger partial charge on any atom is 0.407 e. The first kappa shape index (κ1) is 21.6. The number of hydrogen-bond donors (Lipinski definition) is 1. The van der Waals surface area contributed by atoms with Crippen molar-refractivity contribution in [3.63, 3.8) is 0 Å². The normalized spacial score (nSPS) is 24.9. The van der Waals surface area contributed by atoms with Gasteiger partial charge in [0.05, 0.1) is 0 Å². The Hall–Kier alpha value is -2.11. The summed E-state index contributed by atoms with van der Waals surface area (Å²) in [4.78, 5) is 26.9. The Morgan fingerprint density at radius 1 is 1.28 bits per heavy atom. The molecule has 0 spiro atoms. The fourth-order valence-corrected chi connectivity index (χ4v) is 4.67. The number of rotatable bonds is 5. The van der Waals surface area contributed by atoms with E-state index in [4.69, 9.17) is 4.74 Å². The molecule has 4 unspecified atom stereocenters. The van der Waals surface area contributed by atoms with E-state index in [1.165, 1.54) is 12.1 Å². The quantitative estimate of drug-likeness (QED) is 0.802. The number of halogens is 1. The van der Waals surface area contributed by atoms with Crippen molar-refractivity contribution in [2.75, 3.05) is 13.1 Å². The van der Waals surface area contributed by atoms with Gasteiger partial charge in [0.15, 0.2) is 0 Å². The molecule has 1 aromatic rings. The van der Waals surface area contributed by atoms with Crippen molar-refractivity contribution >= 4 is 12.0 Å². The van der Waals surface area contributed by atoms with E-state index < -0.39 is 5.60 Å². The van der Waals surface area contributed by atoms with E-state index in [9.17, 15) is 14.0 Å². The number of carbonyl (C=O) groups is 2. The minimum absolute atomic E-state index is 0.0670. The number of hydrogen-bond acceptors (Lipinski definition) is 3. The molecule has 1 saturated carbocycles. The Balaban J connectivity index is 1.49. The Bertz CT molecular complexity index is 746. The lowest BCUT2D eigenvalue weighted by Crippen LogP contribution is -2.42. The van der Waals surface area contributed by atoms with Gasteiger partial charge in [0.25, 0.3) is 0 Å². The molecule has 5 nitrogen and oxygen atoms in total. The number of likely N-dealkylation sites (tertiary alicyclic amines) is 1. The van der Waals surface area contributed by atoms with Gasteiger partial charge in [0.1, 0.15) is 11.4 Å². The monoisotopic (exact) mass is 404 g/mol. The highest BCUT2D eigenvalue weighted by Crippen LogP contribution is 2.38. The van der Waals surface area contributed by atoms with E-state index in [1.54, 1.807) is 6.07 Å². The van der Waals surface area contributed by atoms with Crippen LogP contribution in [0.4, 0.5) is 9.18 Å². The summed E-state index contributed by atoms with van der Waals surface area (Å²) in [6.45, 7) is 9.05. The number of fused-ring (bicyclic) bond motifs is 1. The number of nitrogens with one attached hydrogen (secondary N) is 1. The van der Waals surface area contributed by atoms with E-state index in [2.05, 4.69) is 5.32 Å². The van der Waals surface area contributed by atoms with Crippen LogP contribution < -0.4 is 5.32 Å². The lowest BCUT2D eigenvalue weighted by Gasteiger charge is -2.25. The predicted molar refractivity (Wildman–Crippen MR) is 110 cm³/mol. The summed E-state index contributed by atoms with van der Waals surface area (Å²) >= 11 is 0. The highest BCUT2D eigenvalue weighted by molar-refractivity contribution is 5.77. The van der Waals surface area contributed by atoms with Crippen LogP contribution in [0.15, 0.2) is 24.3 Å². The largest absolute Gasteiger partial charge is 0.444 e. The SMILES string of the molecule is CC(CC(=O)N1CC2CCC(NC(=O)OC(C)(C)C)C2C1)Cc1cccc(F)c1. The van der Waals surface area contributed by atoms with Gasteiger partial charge in [-0.3, -0.25) is 4.79 Å². The number of benzene rings is 1. The van der Waals surface area contributed by atoms with Crippen molar-refractivity contribution < 1.29 is 18.7 Å². The third-order valence-corrected chi connectivity index (χ3v) is 5.91. The van der Waals surface area contributed by atoms with Crippen molar-refractivity contribution in [1.82, 2.24) is 10.2 Å². The fraction of sp³-hybridized carbons (Fsp3) is 0.652. The van der Waals surface area contributed by atoms with Crippen LogP contribution in [0.1, 0.15) is 52.5 Å². The van der Waals surface area contributed by atoms with Crippen LogP contribution >= 0.6 is 0 Å². The third kappa shape index (κ3) is 5.94. The summed E-state index contributed by atoms with van der Waals surface area (Å²) in [6, 6.07) is 6.64. The molecular weight excluding hydrogens is 371 g/mol. The summed E-state index contributed by atoms with van der Waals surface area (Å²) in [5.41, 5.74) is 0.405. The van der Waals surface area contributed by atoms with Gasteiger partial charge in [-0.2, -0.15) is 0 Å². The van der Waals surface area contributed by atoms with E-state index >= 15 is 0 Å². The Labute approximate surface area is 173 Å². The van der Waals surface area contributed by atoms with Crippen molar-refractivity contribution in [1.29, 1.82) is 0 Å². The third-order valence-electron chi connectivity index (χ3n) is 5.91. The molecule has 6 heteroatoms. The molecule has 1 saturated heterocycles. The molecule has 0 bridgehead atoms.